The van der Waals surface area contributed by atoms with Gasteiger partial charge in [0.1, 0.15) is 0 Å². The number of benzene rings is 1. The van der Waals surface area contributed by atoms with E-state index in [9.17, 15) is 4.39 Å². The second-order valence-electron chi connectivity index (χ2n) is 2.88. The average molecular weight is 371 g/mol. The van der Waals surface area contributed by atoms with Crippen LogP contribution in [0.2, 0.25) is 0 Å². The summed E-state index contributed by atoms with van der Waals surface area (Å²) in [5, 5.41) is 0. The van der Waals surface area contributed by atoms with Crippen LogP contribution < -0.4 is 4.90 Å². The molecule has 0 bridgehead atoms. The largest absolute Gasteiger partial charge is 2.00 e. The minimum atomic E-state index is -0.245. The molecule has 0 spiro atoms. The Labute approximate surface area is 97.3 Å². The number of rotatable bonds is 1. The number of anilines is 1. The summed E-state index contributed by atoms with van der Waals surface area (Å²) in [4.78, 5) is 3.70. The van der Waals surface area contributed by atoms with Crippen LogP contribution in [0.25, 0.3) is 0 Å². The van der Waals surface area contributed by atoms with Crippen molar-refractivity contribution < 1.29 is 25.5 Å². The Morgan fingerprint density at radius 3 is 2.79 bits per heavy atom. The van der Waals surface area contributed by atoms with Crippen molar-refractivity contribution in [2.45, 2.75) is 0 Å². The number of hydrogen-bond acceptors (Lipinski definition) is 2. The van der Waals surface area contributed by atoms with Gasteiger partial charge in [-0.05, 0) is 19.4 Å². The van der Waals surface area contributed by atoms with Gasteiger partial charge in [0, 0.05) is 5.82 Å². The molecule has 0 saturated carbocycles. The van der Waals surface area contributed by atoms with Crippen molar-refractivity contribution in [3.05, 3.63) is 49.2 Å². The predicted octanol–water partition coefficient (Wildman–Crippen LogP) is 1.97. The second-order valence-corrected chi connectivity index (χ2v) is 2.88. The van der Waals surface area contributed by atoms with E-state index in [1.54, 1.807) is 6.07 Å². The zero-order valence-corrected chi connectivity index (χ0v) is 9.82. The Kier molecular flexibility index (Phi) is 3.70. The number of hydrogen-bond donors (Lipinski definition) is 0. The van der Waals surface area contributed by atoms with Crippen molar-refractivity contribution in [3.8, 4) is 0 Å². The maximum absolute atomic E-state index is 12.8. The fraction of sp³-hybridized carbons (Fsp3) is 0.100. The first-order valence-electron chi connectivity index (χ1n) is 3.96. The van der Waals surface area contributed by atoms with Crippen LogP contribution in [0.4, 0.5) is 10.1 Å². The Hall–Kier alpha value is -0.822. The molecule has 2 rings (SSSR count). The van der Waals surface area contributed by atoms with Crippen molar-refractivity contribution in [2.75, 3.05) is 11.9 Å². The van der Waals surface area contributed by atoms with Crippen LogP contribution >= 0.6 is 0 Å². The van der Waals surface area contributed by atoms with Gasteiger partial charge in [-0.25, -0.2) is 4.39 Å². The van der Waals surface area contributed by atoms with E-state index in [1.807, 2.05) is 35.9 Å². The van der Waals surface area contributed by atoms with Gasteiger partial charge in [-0.1, -0.05) is 0 Å². The third-order valence-electron chi connectivity index (χ3n) is 1.80. The summed E-state index contributed by atoms with van der Waals surface area (Å²) in [5.74, 6) is -0.245. The summed E-state index contributed by atoms with van der Waals surface area (Å²) >= 11 is 0. The van der Waals surface area contributed by atoms with E-state index < -0.39 is 0 Å². The molecule has 1 aromatic carbocycles. The summed E-state index contributed by atoms with van der Waals surface area (Å²) in [7, 11) is 1.91. The minimum absolute atomic E-state index is 0. The van der Waals surface area contributed by atoms with E-state index >= 15 is 0 Å². The van der Waals surface area contributed by atoms with Crippen molar-refractivity contribution in [1.29, 1.82) is 0 Å². The molecule has 1 heterocycles. The molecule has 0 N–H and O–H groups in total. The van der Waals surface area contributed by atoms with E-state index in [0.29, 0.717) is 5.69 Å². The molecule has 76 valence electrons. The molecule has 2 nitrogen and oxygen atoms in total. The van der Waals surface area contributed by atoms with Crippen molar-refractivity contribution in [2.24, 2.45) is 0 Å². The molecular formula is C10H9FN2Pt. The minimum Gasteiger partial charge on any atom is -0.510 e. The van der Waals surface area contributed by atoms with Crippen LogP contribution in [-0.4, -0.2) is 11.9 Å². The summed E-state index contributed by atoms with van der Waals surface area (Å²) in [5.41, 5.74) is 0.709. The van der Waals surface area contributed by atoms with Gasteiger partial charge in [-0.3, -0.25) is 0 Å². The predicted molar refractivity (Wildman–Crippen MR) is 48.9 cm³/mol. The van der Waals surface area contributed by atoms with E-state index in [4.69, 9.17) is 0 Å². The van der Waals surface area contributed by atoms with Crippen LogP contribution in [0.3, 0.4) is 0 Å². The monoisotopic (exact) mass is 371 g/mol. The van der Waals surface area contributed by atoms with Crippen LogP contribution in [0, 0.1) is 18.6 Å². The average Bonchev–Trinajstić information content (AvgIpc) is 2.52. The van der Waals surface area contributed by atoms with Crippen molar-refractivity contribution >= 4 is 5.69 Å². The maximum Gasteiger partial charge on any atom is 2.00 e. The van der Waals surface area contributed by atoms with Crippen molar-refractivity contribution in [1.82, 2.24) is 4.90 Å². The fourth-order valence-electron chi connectivity index (χ4n) is 1.17. The van der Waals surface area contributed by atoms with E-state index in [1.165, 1.54) is 12.1 Å². The van der Waals surface area contributed by atoms with Gasteiger partial charge in [0.2, 0.25) is 0 Å². The maximum atomic E-state index is 12.8. The van der Waals surface area contributed by atoms with E-state index in [0.717, 1.165) is 0 Å². The van der Waals surface area contributed by atoms with Gasteiger partial charge in [-0.2, -0.15) is 18.8 Å². The fourth-order valence-corrected chi connectivity index (χ4v) is 1.17. The molecule has 0 saturated heterocycles. The zero-order chi connectivity index (χ0) is 9.26. The smallest absolute Gasteiger partial charge is 0.510 e. The van der Waals surface area contributed by atoms with Gasteiger partial charge in [-0.15, -0.1) is 17.8 Å². The summed E-state index contributed by atoms with van der Waals surface area (Å²) in [6.45, 7) is 1.85. The molecule has 1 aliphatic heterocycles. The van der Waals surface area contributed by atoms with E-state index in [-0.39, 0.29) is 26.9 Å². The zero-order valence-electron chi connectivity index (χ0n) is 7.55. The molecule has 0 aromatic heterocycles. The van der Waals surface area contributed by atoms with Crippen LogP contribution in [-0.2, 0) is 21.1 Å². The SMILES string of the molecule is CN1C=CN(c2[c-]ccc(F)c2)[CH-]1.[Pt+2]. The molecule has 1 aromatic rings. The molecule has 0 unspecified atom stereocenters. The van der Waals surface area contributed by atoms with Gasteiger partial charge in [0.15, 0.2) is 0 Å². The normalized spacial score (nSPS) is 14.4. The molecular weight excluding hydrogens is 362 g/mol. The Balaban J connectivity index is 0.000000980. The summed E-state index contributed by atoms with van der Waals surface area (Å²) in [6.07, 6.45) is 3.74. The Bertz CT molecular complexity index is 341. The summed E-state index contributed by atoms with van der Waals surface area (Å²) < 4.78 is 12.8. The van der Waals surface area contributed by atoms with Gasteiger partial charge < -0.3 is 9.80 Å². The molecule has 0 radical (unpaired) electrons. The summed E-state index contributed by atoms with van der Waals surface area (Å²) in [6, 6.07) is 7.35. The molecule has 0 atom stereocenters. The Morgan fingerprint density at radius 1 is 1.43 bits per heavy atom. The molecule has 1 aliphatic rings. The topological polar surface area (TPSA) is 6.48 Å². The molecule has 0 fully saturated rings. The van der Waals surface area contributed by atoms with Crippen LogP contribution in [0.5, 0.6) is 0 Å². The first-order chi connectivity index (χ1) is 6.25. The standard InChI is InChI=1S/C10H9FN2.Pt/c1-12-5-6-13(8-12)10-4-2-3-9(11)7-10;/h2-3,5-8H,1H3;/q-2;+2. The number of nitrogens with zero attached hydrogens (tertiary/aromatic N) is 2. The molecule has 0 aliphatic carbocycles. The van der Waals surface area contributed by atoms with Gasteiger partial charge in [0.05, 0.1) is 0 Å². The van der Waals surface area contributed by atoms with Gasteiger partial charge >= 0.3 is 21.1 Å². The first kappa shape index (κ1) is 11.3. The van der Waals surface area contributed by atoms with E-state index in [2.05, 4.69) is 6.07 Å². The molecule has 4 heteroatoms. The first-order valence-corrected chi connectivity index (χ1v) is 3.96. The molecule has 0 amide bonds. The van der Waals surface area contributed by atoms with Crippen LogP contribution in [0.15, 0.2) is 30.6 Å². The Morgan fingerprint density at radius 2 is 2.21 bits per heavy atom. The van der Waals surface area contributed by atoms with Crippen molar-refractivity contribution in [3.63, 3.8) is 0 Å². The molecule has 14 heavy (non-hydrogen) atoms. The second kappa shape index (κ2) is 4.61. The quantitative estimate of drug-likeness (QED) is 0.697. The van der Waals surface area contributed by atoms with Crippen LogP contribution in [0.1, 0.15) is 0 Å². The third-order valence-corrected chi connectivity index (χ3v) is 1.80. The number of halogens is 1. The third kappa shape index (κ3) is 2.35. The van der Waals surface area contributed by atoms with Gasteiger partial charge in [0.25, 0.3) is 0 Å².